The van der Waals surface area contributed by atoms with Crippen molar-refractivity contribution in [1.82, 2.24) is 9.97 Å². The van der Waals surface area contributed by atoms with Crippen LogP contribution in [-0.4, -0.2) is 15.9 Å². The van der Waals surface area contributed by atoms with Gasteiger partial charge in [-0.1, -0.05) is 56.1 Å². The van der Waals surface area contributed by atoms with E-state index in [1.54, 1.807) is 12.1 Å². The molecule has 4 aromatic rings. The van der Waals surface area contributed by atoms with E-state index in [9.17, 15) is 4.79 Å². The van der Waals surface area contributed by atoms with Gasteiger partial charge in [-0.2, -0.15) is 0 Å². The molecular weight excluding hydrogens is 458 g/mol. The van der Waals surface area contributed by atoms with Crippen molar-refractivity contribution in [3.63, 3.8) is 0 Å². The lowest BCUT2D eigenvalue weighted by molar-refractivity contribution is 0.102. The van der Waals surface area contributed by atoms with Gasteiger partial charge in [0.1, 0.15) is 5.82 Å². The first-order chi connectivity index (χ1) is 12.6. The Kier molecular flexibility index (Phi) is 4.61. The molecule has 0 aliphatic rings. The number of aromatic amines is 1. The molecule has 0 unspecified atom stereocenters. The molecule has 6 heteroatoms. The fraction of sp³-hybridized carbons (Fsp3) is 0. The lowest BCUT2D eigenvalue weighted by Crippen LogP contribution is -2.11. The highest BCUT2D eigenvalue weighted by molar-refractivity contribution is 9.11. The van der Waals surface area contributed by atoms with E-state index in [2.05, 4.69) is 47.1 Å². The SMILES string of the molecule is O=C(Nc1cccc(-c2nc3ccccc3[nH]2)c1)c1cc(Br)cc(Br)c1. The predicted molar refractivity (Wildman–Crippen MR) is 111 cm³/mol. The second kappa shape index (κ2) is 7.05. The summed E-state index contributed by atoms with van der Waals surface area (Å²) in [5.74, 6) is 0.598. The third-order valence-corrected chi connectivity index (χ3v) is 4.82. The van der Waals surface area contributed by atoms with Crippen LogP contribution < -0.4 is 5.32 Å². The number of aromatic nitrogens is 2. The molecule has 0 fully saturated rings. The highest BCUT2D eigenvalue weighted by Crippen LogP contribution is 2.24. The van der Waals surface area contributed by atoms with Crippen molar-refractivity contribution >= 4 is 54.5 Å². The van der Waals surface area contributed by atoms with Gasteiger partial charge in [0.2, 0.25) is 0 Å². The summed E-state index contributed by atoms with van der Waals surface area (Å²) in [6.07, 6.45) is 0. The van der Waals surface area contributed by atoms with Crippen LogP contribution in [0.2, 0.25) is 0 Å². The number of nitrogens with zero attached hydrogens (tertiary/aromatic N) is 1. The summed E-state index contributed by atoms with van der Waals surface area (Å²) in [6, 6.07) is 21.0. The van der Waals surface area contributed by atoms with Crippen LogP contribution in [-0.2, 0) is 0 Å². The van der Waals surface area contributed by atoms with Crippen LogP contribution in [0.4, 0.5) is 5.69 Å². The molecule has 0 aliphatic carbocycles. The Bertz CT molecular complexity index is 1070. The van der Waals surface area contributed by atoms with Crippen LogP contribution in [0, 0.1) is 0 Å². The molecule has 4 nitrogen and oxygen atoms in total. The first kappa shape index (κ1) is 17.0. The number of fused-ring (bicyclic) bond motifs is 1. The molecule has 1 aromatic heterocycles. The second-order valence-corrected chi connectivity index (χ2v) is 7.63. The quantitative estimate of drug-likeness (QED) is 0.385. The van der Waals surface area contributed by atoms with Crippen LogP contribution in [0.3, 0.4) is 0 Å². The van der Waals surface area contributed by atoms with E-state index < -0.39 is 0 Å². The van der Waals surface area contributed by atoms with E-state index in [0.717, 1.165) is 31.4 Å². The Morgan fingerprint density at radius 1 is 0.923 bits per heavy atom. The van der Waals surface area contributed by atoms with Gasteiger partial charge in [-0.05, 0) is 42.5 Å². The van der Waals surface area contributed by atoms with Crippen molar-refractivity contribution < 1.29 is 4.79 Å². The molecular formula is C20H13Br2N3O. The van der Waals surface area contributed by atoms with Gasteiger partial charge in [0.05, 0.1) is 11.0 Å². The number of rotatable bonds is 3. The standard InChI is InChI=1S/C20H13Br2N3O/c21-14-8-13(9-15(22)11-14)20(26)23-16-5-3-4-12(10-16)19-24-17-6-1-2-7-18(17)25-19/h1-11H,(H,23,26)(H,24,25). The fourth-order valence-electron chi connectivity index (χ4n) is 2.72. The number of benzene rings is 3. The number of anilines is 1. The summed E-state index contributed by atoms with van der Waals surface area (Å²) < 4.78 is 1.68. The van der Waals surface area contributed by atoms with Crippen LogP contribution in [0.5, 0.6) is 0 Å². The number of carbonyl (C=O) groups excluding carboxylic acids is 1. The van der Waals surface area contributed by atoms with E-state index >= 15 is 0 Å². The minimum Gasteiger partial charge on any atom is -0.338 e. The van der Waals surface area contributed by atoms with Crippen molar-refractivity contribution in [2.75, 3.05) is 5.32 Å². The molecule has 0 atom stereocenters. The maximum atomic E-state index is 12.5. The van der Waals surface area contributed by atoms with E-state index in [1.807, 2.05) is 54.6 Å². The average molecular weight is 471 g/mol. The van der Waals surface area contributed by atoms with Crippen LogP contribution in [0.1, 0.15) is 10.4 Å². The third kappa shape index (κ3) is 3.57. The summed E-state index contributed by atoms with van der Waals surface area (Å²) >= 11 is 6.81. The molecule has 2 N–H and O–H groups in total. The Hall–Kier alpha value is -2.44. The van der Waals surface area contributed by atoms with Gasteiger partial charge < -0.3 is 10.3 Å². The molecule has 0 saturated heterocycles. The van der Waals surface area contributed by atoms with Crippen LogP contribution >= 0.6 is 31.9 Å². The summed E-state index contributed by atoms with van der Waals surface area (Å²) in [5.41, 5.74) is 4.09. The van der Waals surface area contributed by atoms with E-state index in [-0.39, 0.29) is 5.91 Å². The Balaban J connectivity index is 1.62. The van der Waals surface area contributed by atoms with Crippen molar-refractivity contribution in [1.29, 1.82) is 0 Å². The first-order valence-electron chi connectivity index (χ1n) is 7.91. The van der Waals surface area contributed by atoms with E-state index in [4.69, 9.17) is 0 Å². The molecule has 1 heterocycles. The van der Waals surface area contributed by atoms with Gasteiger partial charge in [0.15, 0.2) is 0 Å². The summed E-state index contributed by atoms with van der Waals surface area (Å²) in [4.78, 5) is 20.4. The summed E-state index contributed by atoms with van der Waals surface area (Å²) in [6.45, 7) is 0. The molecule has 0 aliphatic heterocycles. The van der Waals surface area contributed by atoms with Crippen molar-refractivity contribution in [3.05, 3.63) is 81.2 Å². The number of hydrogen-bond acceptors (Lipinski definition) is 2. The minimum absolute atomic E-state index is 0.172. The topological polar surface area (TPSA) is 57.8 Å². The van der Waals surface area contributed by atoms with Gasteiger partial charge in [-0.3, -0.25) is 4.79 Å². The second-order valence-electron chi connectivity index (χ2n) is 5.80. The Morgan fingerprint density at radius 2 is 1.69 bits per heavy atom. The normalized spacial score (nSPS) is 10.8. The molecule has 1 amide bonds. The number of halogens is 2. The van der Waals surface area contributed by atoms with Crippen molar-refractivity contribution in [2.24, 2.45) is 0 Å². The maximum absolute atomic E-state index is 12.5. The molecule has 0 radical (unpaired) electrons. The Morgan fingerprint density at radius 3 is 2.46 bits per heavy atom. The molecule has 26 heavy (non-hydrogen) atoms. The summed E-state index contributed by atoms with van der Waals surface area (Å²) in [5, 5.41) is 2.93. The zero-order valence-electron chi connectivity index (χ0n) is 13.5. The number of nitrogens with one attached hydrogen (secondary N) is 2. The Labute approximate surface area is 166 Å². The number of hydrogen-bond donors (Lipinski definition) is 2. The number of carbonyl (C=O) groups is 1. The van der Waals surface area contributed by atoms with Gasteiger partial charge in [0.25, 0.3) is 5.91 Å². The lowest BCUT2D eigenvalue weighted by Gasteiger charge is -2.07. The highest BCUT2D eigenvalue weighted by Gasteiger charge is 2.10. The lowest BCUT2D eigenvalue weighted by atomic mass is 10.1. The first-order valence-corrected chi connectivity index (χ1v) is 9.50. The van der Waals surface area contributed by atoms with Crippen molar-refractivity contribution in [2.45, 2.75) is 0 Å². The third-order valence-electron chi connectivity index (χ3n) is 3.91. The molecule has 0 bridgehead atoms. The average Bonchev–Trinajstić information content (AvgIpc) is 3.05. The predicted octanol–water partition coefficient (Wildman–Crippen LogP) is 6.01. The molecule has 3 aromatic carbocycles. The number of amides is 1. The summed E-state index contributed by atoms with van der Waals surface area (Å²) in [7, 11) is 0. The molecule has 128 valence electrons. The minimum atomic E-state index is -0.172. The highest BCUT2D eigenvalue weighted by atomic mass is 79.9. The van der Waals surface area contributed by atoms with Crippen LogP contribution in [0.15, 0.2) is 75.7 Å². The van der Waals surface area contributed by atoms with E-state index in [0.29, 0.717) is 11.3 Å². The maximum Gasteiger partial charge on any atom is 0.255 e. The van der Waals surface area contributed by atoms with Gasteiger partial charge >= 0.3 is 0 Å². The largest absolute Gasteiger partial charge is 0.338 e. The van der Waals surface area contributed by atoms with Crippen molar-refractivity contribution in [3.8, 4) is 11.4 Å². The smallest absolute Gasteiger partial charge is 0.255 e. The van der Waals surface area contributed by atoms with E-state index in [1.165, 1.54) is 0 Å². The zero-order valence-corrected chi connectivity index (χ0v) is 16.6. The fourth-order valence-corrected chi connectivity index (χ4v) is 4.02. The number of para-hydroxylation sites is 2. The zero-order chi connectivity index (χ0) is 18.1. The molecule has 0 spiro atoms. The molecule has 4 rings (SSSR count). The van der Waals surface area contributed by atoms with Gasteiger partial charge in [-0.25, -0.2) is 4.98 Å². The van der Waals surface area contributed by atoms with Gasteiger partial charge in [-0.15, -0.1) is 0 Å². The number of H-pyrrole nitrogens is 1. The monoisotopic (exact) mass is 469 g/mol. The van der Waals surface area contributed by atoms with Gasteiger partial charge in [0, 0.05) is 25.8 Å². The molecule has 0 saturated carbocycles. The van der Waals surface area contributed by atoms with Crippen LogP contribution in [0.25, 0.3) is 22.4 Å². The number of imidazole rings is 1.